The molecule has 0 aliphatic heterocycles. The summed E-state index contributed by atoms with van der Waals surface area (Å²) in [7, 11) is -1.56. The Kier molecular flexibility index (Phi) is 4.93. The van der Waals surface area contributed by atoms with Crippen LogP contribution in [0.1, 0.15) is 0 Å². The van der Waals surface area contributed by atoms with Crippen LogP contribution in [-0.2, 0) is 15.6 Å². The summed E-state index contributed by atoms with van der Waals surface area (Å²) < 4.78 is 24.8. The van der Waals surface area contributed by atoms with Crippen LogP contribution in [0.15, 0.2) is 47.4 Å². The molecule has 1 amide bonds. The van der Waals surface area contributed by atoms with Crippen molar-refractivity contribution in [2.45, 2.75) is 4.90 Å². The van der Waals surface area contributed by atoms with Crippen molar-refractivity contribution in [3.05, 3.63) is 53.3 Å². The largest absolute Gasteiger partial charge is 0.397 e. The van der Waals surface area contributed by atoms with Gasteiger partial charge in [-0.25, -0.2) is 4.39 Å². The summed E-state index contributed by atoms with van der Waals surface area (Å²) in [6.45, 7) is 0. The number of hydrogen-bond acceptors (Lipinski definition) is 3. The molecule has 0 aliphatic carbocycles. The van der Waals surface area contributed by atoms with Crippen LogP contribution in [0.3, 0.4) is 0 Å². The van der Waals surface area contributed by atoms with E-state index in [1.54, 1.807) is 12.1 Å². The number of carbonyl (C=O) groups is 1. The predicted molar refractivity (Wildman–Crippen MR) is 82.2 cm³/mol. The van der Waals surface area contributed by atoms with Crippen LogP contribution in [0, 0.1) is 5.82 Å². The molecule has 0 radical (unpaired) electrons. The fraction of sp³-hybridized carbons (Fsp3) is 0.0714. The third-order valence-electron chi connectivity index (χ3n) is 2.63. The number of nitrogens with two attached hydrogens (primary N) is 1. The minimum Gasteiger partial charge on any atom is -0.397 e. The Hall–Kier alpha value is -1.92. The van der Waals surface area contributed by atoms with Gasteiger partial charge in [-0.1, -0.05) is 11.6 Å². The first-order valence-electron chi connectivity index (χ1n) is 5.94. The molecule has 1 unspecified atom stereocenters. The lowest BCUT2D eigenvalue weighted by atomic mass is 10.2. The zero-order chi connectivity index (χ0) is 15.4. The lowest BCUT2D eigenvalue weighted by Gasteiger charge is -2.08. The van der Waals surface area contributed by atoms with Gasteiger partial charge in [0.25, 0.3) is 0 Å². The van der Waals surface area contributed by atoms with E-state index in [2.05, 4.69) is 5.32 Å². The van der Waals surface area contributed by atoms with Crippen LogP contribution in [0.5, 0.6) is 0 Å². The topological polar surface area (TPSA) is 72.2 Å². The van der Waals surface area contributed by atoms with Gasteiger partial charge in [-0.05, 0) is 42.5 Å². The standard InChI is InChI=1S/C14H12ClFN2O2S/c15-9-1-6-12(17)13(7-9)18-14(19)8-21(20)11-4-2-10(16)3-5-11/h1-7H,8,17H2,(H,18,19). The summed E-state index contributed by atoms with van der Waals surface area (Å²) in [5, 5.41) is 2.98. The highest BCUT2D eigenvalue weighted by Crippen LogP contribution is 2.22. The Labute approximate surface area is 128 Å². The van der Waals surface area contributed by atoms with Crippen molar-refractivity contribution in [2.75, 3.05) is 16.8 Å². The number of carbonyl (C=O) groups excluding carboxylic acids is 1. The lowest BCUT2D eigenvalue weighted by Crippen LogP contribution is -2.20. The van der Waals surface area contributed by atoms with Crippen LogP contribution >= 0.6 is 11.6 Å². The fourth-order valence-corrected chi connectivity index (χ4v) is 2.70. The van der Waals surface area contributed by atoms with Crippen LogP contribution < -0.4 is 11.1 Å². The van der Waals surface area contributed by atoms with E-state index in [1.807, 2.05) is 0 Å². The van der Waals surface area contributed by atoms with Gasteiger partial charge in [0.1, 0.15) is 11.6 Å². The average molecular weight is 327 g/mol. The summed E-state index contributed by atoms with van der Waals surface area (Å²) in [6, 6.07) is 9.83. The maximum atomic E-state index is 12.8. The van der Waals surface area contributed by atoms with Crippen molar-refractivity contribution in [1.82, 2.24) is 0 Å². The third kappa shape index (κ3) is 4.27. The van der Waals surface area contributed by atoms with E-state index in [9.17, 15) is 13.4 Å². The molecule has 21 heavy (non-hydrogen) atoms. The van der Waals surface area contributed by atoms with Gasteiger partial charge in [-0.3, -0.25) is 9.00 Å². The summed E-state index contributed by atoms with van der Waals surface area (Å²) >= 11 is 5.81. The van der Waals surface area contributed by atoms with Gasteiger partial charge in [0.2, 0.25) is 5.91 Å². The maximum absolute atomic E-state index is 12.8. The number of nitrogens with one attached hydrogen (secondary N) is 1. The smallest absolute Gasteiger partial charge is 0.237 e. The molecular formula is C14H12ClFN2O2S. The van der Waals surface area contributed by atoms with Gasteiger partial charge in [0.05, 0.1) is 22.2 Å². The van der Waals surface area contributed by atoms with Gasteiger partial charge < -0.3 is 11.1 Å². The van der Waals surface area contributed by atoms with Gasteiger partial charge in [0, 0.05) is 9.92 Å². The van der Waals surface area contributed by atoms with Crippen LogP contribution in [0.25, 0.3) is 0 Å². The minimum atomic E-state index is -1.56. The number of anilines is 2. The molecule has 7 heteroatoms. The number of amides is 1. The van der Waals surface area contributed by atoms with E-state index < -0.39 is 22.5 Å². The highest BCUT2D eigenvalue weighted by Gasteiger charge is 2.12. The predicted octanol–water partition coefficient (Wildman–Crippen LogP) is 2.81. The third-order valence-corrected chi connectivity index (χ3v) is 4.19. The second-order valence-corrected chi connectivity index (χ2v) is 6.11. The van der Waals surface area contributed by atoms with Crippen LogP contribution in [-0.4, -0.2) is 15.9 Å². The van der Waals surface area contributed by atoms with E-state index in [-0.39, 0.29) is 5.75 Å². The van der Waals surface area contributed by atoms with Crippen molar-refractivity contribution >= 4 is 39.7 Å². The second-order valence-electron chi connectivity index (χ2n) is 4.22. The first kappa shape index (κ1) is 15.5. The molecule has 1 atom stereocenters. The second kappa shape index (κ2) is 6.69. The molecule has 2 rings (SSSR count). The van der Waals surface area contributed by atoms with Crippen molar-refractivity contribution in [1.29, 1.82) is 0 Å². The lowest BCUT2D eigenvalue weighted by molar-refractivity contribution is -0.113. The van der Waals surface area contributed by atoms with E-state index in [0.29, 0.717) is 21.3 Å². The molecule has 2 aromatic rings. The molecule has 0 saturated heterocycles. The Balaban J connectivity index is 2.03. The first-order valence-corrected chi connectivity index (χ1v) is 7.64. The van der Waals surface area contributed by atoms with Gasteiger partial charge in [0.15, 0.2) is 0 Å². The van der Waals surface area contributed by atoms with Crippen molar-refractivity contribution in [3.8, 4) is 0 Å². The van der Waals surface area contributed by atoms with Gasteiger partial charge >= 0.3 is 0 Å². The number of nitrogen functional groups attached to an aromatic ring is 1. The maximum Gasteiger partial charge on any atom is 0.237 e. The quantitative estimate of drug-likeness (QED) is 0.849. The molecule has 0 spiro atoms. The zero-order valence-electron chi connectivity index (χ0n) is 10.8. The molecule has 0 aromatic heterocycles. The highest BCUT2D eigenvalue weighted by atomic mass is 35.5. The van der Waals surface area contributed by atoms with Crippen LogP contribution in [0.4, 0.5) is 15.8 Å². The zero-order valence-corrected chi connectivity index (χ0v) is 12.4. The Morgan fingerprint density at radius 1 is 1.24 bits per heavy atom. The molecule has 0 fully saturated rings. The molecule has 0 heterocycles. The Bertz CT molecular complexity index is 692. The molecule has 4 nitrogen and oxygen atoms in total. The molecular weight excluding hydrogens is 315 g/mol. The first-order chi connectivity index (χ1) is 9.95. The van der Waals surface area contributed by atoms with E-state index in [0.717, 1.165) is 0 Å². The highest BCUT2D eigenvalue weighted by molar-refractivity contribution is 7.85. The van der Waals surface area contributed by atoms with E-state index in [4.69, 9.17) is 17.3 Å². The summed E-state index contributed by atoms with van der Waals surface area (Å²) in [5.41, 5.74) is 6.43. The molecule has 0 saturated carbocycles. The number of hydrogen-bond donors (Lipinski definition) is 2. The molecule has 3 N–H and O–H groups in total. The summed E-state index contributed by atoms with van der Waals surface area (Å²) in [4.78, 5) is 12.2. The molecule has 2 aromatic carbocycles. The molecule has 0 aliphatic rings. The summed E-state index contributed by atoms with van der Waals surface area (Å²) in [6.07, 6.45) is 0. The number of halogens is 2. The Morgan fingerprint density at radius 3 is 2.57 bits per heavy atom. The Morgan fingerprint density at radius 2 is 1.90 bits per heavy atom. The molecule has 0 bridgehead atoms. The summed E-state index contributed by atoms with van der Waals surface area (Å²) in [5.74, 6) is -1.14. The monoisotopic (exact) mass is 326 g/mol. The normalized spacial score (nSPS) is 11.9. The van der Waals surface area contributed by atoms with Gasteiger partial charge in [-0.2, -0.15) is 0 Å². The number of benzene rings is 2. The van der Waals surface area contributed by atoms with Crippen molar-refractivity contribution in [3.63, 3.8) is 0 Å². The van der Waals surface area contributed by atoms with E-state index >= 15 is 0 Å². The molecule has 110 valence electrons. The van der Waals surface area contributed by atoms with Crippen LogP contribution in [0.2, 0.25) is 5.02 Å². The number of rotatable bonds is 4. The average Bonchev–Trinajstić information content (AvgIpc) is 2.43. The SMILES string of the molecule is Nc1ccc(Cl)cc1NC(=O)CS(=O)c1ccc(F)cc1. The van der Waals surface area contributed by atoms with Gasteiger partial charge in [-0.15, -0.1) is 0 Å². The van der Waals surface area contributed by atoms with Crippen molar-refractivity contribution in [2.24, 2.45) is 0 Å². The minimum absolute atomic E-state index is 0.252. The van der Waals surface area contributed by atoms with Crippen molar-refractivity contribution < 1.29 is 13.4 Å². The van der Waals surface area contributed by atoms with E-state index in [1.165, 1.54) is 30.3 Å². The fourth-order valence-electron chi connectivity index (χ4n) is 1.61.